The highest BCUT2D eigenvalue weighted by atomic mass is 35.6. The normalized spacial score (nSPS) is 23.7. The van der Waals surface area contributed by atoms with Gasteiger partial charge in [0.2, 0.25) is 0 Å². The van der Waals surface area contributed by atoms with Crippen molar-refractivity contribution < 1.29 is 13.2 Å². The van der Waals surface area contributed by atoms with E-state index >= 15 is 0 Å². The average molecular weight is 420 g/mol. The number of benzene rings is 1. The molecule has 0 aromatic heterocycles. The van der Waals surface area contributed by atoms with Crippen molar-refractivity contribution in [3.63, 3.8) is 0 Å². The SMILES string of the molecule is O=C(N[C@@H]1CS(=O)(=O)C[C@H]1NCc1ccccc1Cl)C(Cl)(Cl)Cl. The number of hydrogen-bond donors (Lipinski definition) is 2. The molecule has 1 fully saturated rings. The second kappa shape index (κ2) is 7.33. The highest BCUT2D eigenvalue weighted by Crippen LogP contribution is 2.27. The first-order valence-electron chi connectivity index (χ1n) is 6.63. The van der Waals surface area contributed by atoms with Crippen molar-refractivity contribution >= 4 is 62.1 Å². The lowest BCUT2D eigenvalue weighted by atomic mass is 10.1. The topological polar surface area (TPSA) is 75.3 Å². The van der Waals surface area contributed by atoms with Gasteiger partial charge in [-0.2, -0.15) is 0 Å². The van der Waals surface area contributed by atoms with E-state index in [0.717, 1.165) is 5.56 Å². The zero-order chi connectivity index (χ0) is 17.3. The van der Waals surface area contributed by atoms with Gasteiger partial charge < -0.3 is 10.6 Å². The van der Waals surface area contributed by atoms with Gasteiger partial charge in [-0.1, -0.05) is 64.6 Å². The summed E-state index contributed by atoms with van der Waals surface area (Å²) in [7, 11) is -3.29. The molecule has 10 heteroatoms. The molecule has 0 bridgehead atoms. The first kappa shape index (κ1) is 19.1. The predicted octanol–water partition coefficient (Wildman–Crippen LogP) is 2.08. The maximum Gasteiger partial charge on any atom is 0.272 e. The summed E-state index contributed by atoms with van der Waals surface area (Å²) in [5.41, 5.74) is 0.824. The summed E-state index contributed by atoms with van der Waals surface area (Å²) >= 11 is 22.6. The Kier molecular flexibility index (Phi) is 6.09. The summed E-state index contributed by atoms with van der Waals surface area (Å²) in [5.74, 6) is -1.17. The van der Waals surface area contributed by atoms with Crippen LogP contribution in [0.25, 0.3) is 0 Å². The standard InChI is InChI=1S/C13H14Cl4N2O3S/c14-9-4-2-1-3-8(9)5-18-10-6-23(21,22)7-11(10)19-12(20)13(15,16)17/h1-4,10-11,18H,5-7H2,(H,19,20)/t10-,11-/m1/s1. The third-order valence-electron chi connectivity index (χ3n) is 3.44. The molecular formula is C13H14Cl4N2O3S. The number of alkyl halides is 3. The Hall–Kier alpha value is -0.240. The third-order valence-corrected chi connectivity index (χ3v) is 6.06. The zero-order valence-corrected chi connectivity index (χ0v) is 15.6. The number of nitrogens with one attached hydrogen (secondary N) is 2. The van der Waals surface area contributed by atoms with Gasteiger partial charge in [0.1, 0.15) is 0 Å². The Morgan fingerprint density at radius 3 is 2.39 bits per heavy atom. The van der Waals surface area contributed by atoms with Gasteiger partial charge in [-0.3, -0.25) is 4.79 Å². The van der Waals surface area contributed by atoms with E-state index in [9.17, 15) is 13.2 Å². The summed E-state index contributed by atoms with van der Waals surface area (Å²) in [4.78, 5) is 11.8. The van der Waals surface area contributed by atoms with Crippen molar-refractivity contribution in [2.75, 3.05) is 11.5 Å². The Labute approximate surface area is 154 Å². The summed E-state index contributed by atoms with van der Waals surface area (Å²) < 4.78 is 21.5. The second-order valence-electron chi connectivity index (χ2n) is 5.23. The van der Waals surface area contributed by atoms with Gasteiger partial charge in [0, 0.05) is 17.6 Å². The summed E-state index contributed by atoms with van der Waals surface area (Å²) in [6.45, 7) is 0.361. The lowest BCUT2D eigenvalue weighted by Gasteiger charge is -2.23. The van der Waals surface area contributed by atoms with Crippen LogP contribution in [0.4, 0.5) is 0 Å². The number of rotatable bonds is 4. The Morgan fingerprint density at radius 1 is 1.17 bits per heavy atom. The van der Waals surface area contributed by atoms with Crippen LogP contribution in [0.3, 0.4) is 0 Å². The summed E-state index contributed by atoms with van der Waals surface area (Å²) in [5, 5.41) is 6.13. The average Bonchev–Trinajstić information content (AvgIpc) is 2.71. The minimum Gasteiger partial charge on any atom is -0.347 e. The predicted molar refractivity (Wildman–Crippen MR) is 93.0 cm³/mol. The van der Waals surface area contributed by atoms with Gasteiger partial charge in [0.15, 0.2) is 9.84 Å². The largest absolute Gasteiger partial charge is 0.347 e. The molecule has 1 aromatic rings. The fourth-order valence-electron chi connectivity index (χ4n) is 2.32. The van der Waals surface area contributed by atoms with Crippen molar-refractivity contribution in [3.05, 3.63) is 34.9 Å². The maximum absolute atomic E-state index is 11.8. The highest BCUT2D eigenvalue weighted by Gasteiger charge is 2.41. The van der Waals surface area contributed by atoms with Crippen LogP contribution in [0.5, 0.6) is 0 Å². The van der Waals surface area contributed by atoms with E-state index in [4.69, 9.17) is 46.4 Å². The molecule has 0 radical (unpaired) electrons. The minimum atomic E-state index is -3.29. The van der Waals surface area contributed by atoms with Crippen LogP contribution >= 0.6 is 46.4 Å². The zero-order valence-electron chi connectivity index (χ0n) is 11.7. The molecule has 1 heterocycles. The van der Waals surface area contributed by atoms with Crippen LogP contribution < -0.4 is 10.6 Å². The van der Waals surface area contributed by atoms with E-state index in [0.29, 0.717) is 11.6 Å². The Bertz CT molecular complexity index is 691. The van der Waals surface area contributed by atoms with Crippen molar-refractivity contribution in [1.29, 1.82) is 0 Å². The molecule has 0 spiro atoms. The van der Waals surface area contributed by atoms with Crippen LogP contribution in [-0.2, 0) is 21.2 Å². The van der Waals surface area contributed by atoms with Gasteiger partial charge in [0.05, 0.1) is 17.5 Å². The number of amides is 1. The lowest BCUT2D eigenvalue weighted by Crippen LogP contribution is -2.51. The summed E-state index contributed by atoms with van der Waals surface area (Å²) in [6.07, 6.45) is 0. The molecule has 1 aliphatic rings. The first-order valence-corrected chi connectivity index (χ1v) is 9.97. The van der Waals surface area contributed by atoms with Crippen molar-refractivity contribution in [2.45, 2.75) is 22.4 Å². The van der Waals surface area contributed by atoms with Crippen molar-refractivity contribution in [1.82, 2.24) is 10.6 Å². The molecule has 2 atom stereocenters. The van der Waals surface area contributed by atoms with Gasteiger partial charge in [-0.25, -0.2) is 8.42 Å². The molecule has 1 amide bonds. The van der Waals surface area contributed by atoms with E-state index in [1.165, 1.54) is 0 Å². The molecule has 0 aliphatic carbocycles. The maximum atomic E-state index is 11.8. The fraction of sp³-hybridized carbons (Fsp3) is 0.462. The number of carbonyl (C=O) groups is 1. The van der Waals surface area contributed by atoms with E-state index < -0.39 is 31.6 Å². The Morgan fingerprint density at radius 2 is 1.78 bits per heavy atom. The van der Waals surface area contributed by atoms with Crippen molar-refractivity contribution in [3.8, 4) is 0 Å². The van der Waals surface area contributed by atoms with Crippen LogP contribution in [0.1, 0.15) is 5.56 Å². The molecule has 1 aliphatic heterocycles. The second-order valence-corrected chi connectivity index (χ2v) is 10.1. The molecule has 1 saturated heterocycles. The first-order chi connectivity index (χ1) is 10.6. The van der Waals surface area contributed by atoms with E-state index in [1.54, 1.807) is 12.1 Å². The molecule has 0 unspecified atom stereocenters. The molecule has 23 heavy (non-hydrogen) atoms. The van der Waals surface area contributed by atoms with Crippen LogP contribution in [0, 0.1) is 0 Å². The van der Waals surface area contributed by atoms with Crippen LogP contribution in [-0.4, -0.2) is 41.7 Å². The fourth-order valence-corrected chi connectivity index (χ4v) is 4.59. The molecule has 128 valence electrons. The molecular weight excluding hydrogens is 406 g/mol. The van der Waals surface area contributed by atoms with Crippen LogP contribution in [0.2, 0.25) is 5.02 Å². The molecule has 1 aromatic carbocycles. The number of sulfone groups is 1. The molecule has 2 N–H and O–H groups in total. The minimum absolute atomic E-state index is 0.109. The van der Waals surface area contributed by atoms with Gasteiger partial charge >= 0.3 is 0 Å². The third kappa shape index (κ3) is 5.37. The Balaban J connectivity index is 2.06. The quantitative estimate of drug-likeness (QED) is 0.732. The van der Waals surface area contributed by atoms with Crippen LogP contribution in [0.15, 0.2) is 24.3 Å². The van der Waals surface area contributed by atoms with E-state index in [1.807, 2.05) is 12.1 Å². The lowest BCUT2D eigenvalue weighted by molar-refractivity contribution is -0.120. The van der Waals surface area contributed by atoms with Gasteiger partial charge in [-0.15, -0.1) is 0 Å². The van der Waals surface area contributed by atoms with Crippen molar-refractivity contribution in [2.24, 2.45) is 0 Å². The monoisotopic (exact) mass is 418 g/mol. The van der Waals surface area contributed by atoms with E-state index in [-0.39, 0.29) is 11.5 Å². The molecule has 2 rings (SSSR count). The number of carbonyl (C=O) groups excluding carboxylic acids is 1. The van der Waals surface area contributed by atoms with Gasteiger partial charge in [-0.05, 0) is 11.6 Å². The summed E-state index contributed by atoms with van der Waals surface area (Å²) in [6, 6.07) is 6.03. The smallest absolute Gasteiger partial charge is 0.272 e. The highest BCUT2D eigenvalue weighted by molar-refractivity contribution is 7.91. The van der Waals surface area contributed by atoms with E-state index in [2.05, 4.69) is 10.6 Å². The van der Waals surface area contributed by atoms with Gasteiger partial charge in [0.25, 0.3) is 9.70 Å². The molecule has 0 saturated carbocycles. The number of halogens is 4. The number of hydrogen-bond acceptors (Lipinski definition) is 4. The molecule has 5 nitrogen and oxygen atoms in total.